The predicted molar refractivity (Wildman–Crippen MR) is 105 cm³/mol. The molecule has 4 rings (SSSR count). The van der Waals surface area contributed by atoms with Crippen LogP contribution in [0.25, 0.3) is 0 Å². The van der Waals surface area contributed by atoms with Crippen LogP contribution in [0.15, 0.2) is 52.3 Å². The van der Waals surface area contributed by atoms with Gasteiger partial charge in [-0.15, -0.1) is 0 Å². The quantitative estimate of drug-likeness (QED) is 0.771. The molecule has 2 aromatic rings. The van der Waals surface area contributed by atoms with Gasteiger partial charge in [0.05, 0.1) is 26.2 Å². The van der Waals surface area contributed by atoms with Gasteiger partial charge in [0, 0.05) is 46.1 Å². The average Bonchev–Trinajstić information content (AvgIpc) is 3.08. The number of nitrogens with one attached hydrogen (secondary N) is 1. The summed E-state index contributed by atoms with van der Waals surface area (Å²) in [6.45, 7) is 5.31. The van der Waals surface area contributed by atoms with Crippen molar-refractivity contribution in [3.05, 3.63) is 58.6 Å². The lowest BCUT2D eigenvalue weighted by Crippen LogP contribution is -3.10. The standard InChI is InChI=1S/C21H25ClN2S/c22-17-8-9-20-16(14-17)15-19(18-6-1-2-7-21(18)25-20)23-10-5-13-24-11-3-4-12-24/h1-2,6-9,14,19,23H,3-5,10-13,15H2/p+2/t19-/m0/s1. The fraction of sp³-hybridized carbons (Fsp3) is 0.429. The van der Waals surface area contributed by atoms with E-state index in [1.807, 2.05) is 22.7 Å². The number of hydrogen-bond donors (Lipinski definition) is 2. The van der Waals surface area contributed by atoms with Crippen molar-refractivity contribution in [1.29, 1.82) is 0 Å². The monoisotopic (exact) mass is 374 g/mol. The number of fused-ring (bicyclic) bond motifs is 2. The molecule has 2 heterocycles. The van der Waals surface area contributed by atoms with Crippen LogP contribution in [0.5, 0.6) is 0 Å². The van der Waals surface area contributed by atoms with Crippen LogP contribution in [-0.4, -0.2) is 26.2 Å². The third kappa shape index (κ3) is 4.22. The lowest BCUT2D eigenvalue weighted by molar-refractivity contribution is -0.889. The summed E-state index contributed by atoms with van der Waals surface area (Å²) in [6.07, 6.45) is 5.22. The first-order valence-corrected chi connectivity index (χ1v) is 10.7. The first-order chi connectivity index (χ1) is 12.3. The lowest BCUT2D eigenvalue weighted by Gasteiger charge is -2.17. The molecule has 0 bridgehead atoms. The number of quaternary nitrogens is 2. The van der Waals surface area contributed by atoms with Gasteiger partial charge >= 0.3 is 0 Å². The molecule has 4 heteroatoms. The molecular weight excluding hydrogens is 348 g/mol. The summed E-state index contributed by atoms with van der Waals surface area (Å²) in [7, 11) is 0. The second-order valence-electron chi connectivity index (χ2n) is 7.29. The molecule has 1 saturated heterocycles. The van der Waals surface area contributed by atoms with E-state index in [-0.39, 0.29) is 0 Å². The second kappa shape index (κ2) is 8.13. The maximum atomic E-state index is 6.27. The molecule has 2 aliphatic rings. The van der Waals surface area contributed by atoms with Gasteiger partial charge < -0.3 is 10.2 Å². The van der Waals surface area contributed by atoms with E-state index in [2.05, 4.69) is 41.7 Å². The third-order valence-corrected chi connectivity index (χ3v) is 6.94. The molecule has 132 valence electrons. The highest BCUT2D eigenvalue weighted by atomic mass is 35.5. The van der Waals surface area contributed by atoms with Crippen molar-refractivity contribution in [2.75, 3.05) is 26.2 Å². The summed E-state index contributed by atoms with van der Waals surface area (Å²) >= 11 is 8.16. The SMILES string of the molecule is Clc1ccc2c(c1)C[C@H]([NH2+]CCC[NH+]1CCCC1)c1ccccc1S2. The minimum Gasteiger partial charge on any atom is -0.340 e. The molecule has 0 spiro atoms. The molecule has 3 N–H and O–H groups in total. The Balaban J connectivity index is 1.47. The Morgan fingerprint density at radius 1 is 1.08 bits per heavy atom. The van der Waals surface area contributed by atoms with E-state index < -0.39 is 0 Å². The largest absolute Gasteiger partial charge is 0.340 e. The van der Waals surface area contributed by atoms with Crippen LogP contribution in [0.1, 0.15) is 36.4 Å². The van der Waals surface area contributed by atoms with Gasteiger partial charge in [-0.05, 0) is 29.8 Å². The van der Waals surface area contributed by atoms with Gasteiger partial charge in [0.25, 0.3) is 0 Å². The molecule has 25 heavy (non-hydrogen) atoms. The van der Waals surface area contributed by atoms with Crippen LogP contribution in [0, 0.1) is 0 Å². The second-order valence-corrected chi connectivity index (χ2v) is 8.81. The van der Waals surface area contributed by atoms with E-state index in [4.69, 9.17) is 11.6 Å². The zero-order chi connectivity index (χ0) is 17.1. The molecule has 0 aliphatic carbocycles. The minimum atomic E-state index is 0.497. The Bertz CT molecular complexity index is 728. The van der Waals surface area contributed by atoms with Gasteiger partial charge in [-0.3, -0.25) is 0 Å². The van der Waals surface area contributed by atoms with Crippen molar-refractivity contribution < 1.29 is 10.2 Å². The highest BCUT2D eigenvalue weighted by Crippen LogP contribution is 2.40. The number of likely N-dealkylation sites (tertiary alicyclic amines) is 1. The molecule has 0 unspecified atom stereocenters. The van der Waals surface area contributed by atoms with Crippen LogP contribution in [-0.2, 0) is 6.42 Å². The highest BCUT2D eigenvalue weighted by molar-refractivity contribution is 7.99. The average molecular weight is 375 g/mol. The van der Waals surface area contributed by atoms with Gasteiger partial charge in [0.2, 0.25) is 0 Å². The summed E-state index contributed by atoms with van der Waals surface area (Å²) in [5.74, 6) is 0. The van der Waals surface area contributed by atoms with Crippen molar-refractivity contribution >= 4 is 23.4 Å². The predicted octanol–water partition coefficient (Wildman–Crippen LogP) is 2.72. The van der Waals surface area contributed by atoms with Crippen LogP contribution >= 0.6 is 23.4 Å². The van der Waals surface area contributed by atoms with Crippen LogP contribution in [0.2, 0.25) is 5.02 Å². The number of hydrogen-bond acceptors (Lipinski definition) is 1. The maximum absolute atomic E-state index is 6.27. The maximum Gasteiger partial charge on any atom is 0.117 e. The van der Waals surface area contributed by atoms with Crippen molar-refractivity contribution in [1.82, 2.24) is 0 Å². The Labute approximate surface area is 159 Å². The Hall–Kier alpha value is -1.00. The Morgan fingerprint density at radius 2 is 1.92 bits per heavy atom. The fourth-order valence-electron chi connectivity index (χ4n) is 4.16. The number of rotatable bonds is 5. The molecule has 1 atom stereocenters. The van der Waals surface area contributed by atoms with Gasteiger partial charge in [-0.25, -0.2) is 0 Å². The highest BCUT2D eigenvalue weighted by Gasteiger charge is 2.25. The molecule has 2 aliphatic heterocycles. The van der Waals surface area contributed by atoms with E-state index in [9.17, 15) is 0 Å². The van der Waals surface area contributed by atoms with Crippen LogP contribution < -0.4 is 10.2 Å². The molecular formula is C21H27ClN2S+2. The fourth-order valence-corrected chi connectivity index (χ4v) is 5.48. The molecule has 1 fully saturated rings. The lowest BCUT2D eigenvalue weighted by atomic mass is 9.99. The first kappa shape index (κ1) is 17.4. The molecule has 0 radical (unpaired) electrons. The van der Waals surface area contributed by atoms with Crippen molar-refractivity contribution in [3.8, 4) is 0 Å². The molecule has 0 saturated carbocycles. The molecule has 0 amide bonds. The number of benzene rings is 2. The zero-order valence-corrected chi connectivity index (χ0v) is 16.2. The van der Waals surface area contributed by atoms with Crippen molar-refractivity contribution in [3.63, 3.8) is 0 Å². The van der Waals surface area contributed by atoms with Crippen molar-refractivity contribution in [2.45, 2.75) is 41.5 Å². The van der Waals surface area contributed by atoms with E-state index in [1.54, 1.807) is 0 Å². The van der Waals surface area contributed by atoms with Gasteiger partial charge in [0.1, 0.15) is 6.04 Å². The van der Waals surface area contributed by atoms with Crippen LogP contribution in [0.4, 0.5) is 0 Å². The van der Waals surface area contributed by atoms with E-state index in [1.165, 1.54) is 66.4 Å². The Morgan fingerprint density at radius 3 is 2.80 bits per heavy atom. The summed E-state index contributed by atoms with van der Waals surface area (Å²) < 4.78 is 0. The summed E-state index contributed by atoms with van der Waals surface area (Å²) in [5, 5.41) is 3.41. The van der Waals surface area contributed by atoms with E-state index in [0.29, 0.717) is 6.04 Å². The molecule has 2 aromatic carbocycles. The minimum absolute atomic E-state index is 0.497. The van der Waals surface area contributed by atoms with Gasteiger partial charge in [0.15, 0.2) is 0 Å². The van der Waals surface area contributed by atoms with Crippen molar-refractivity contribution in [2.24, 2.45) is 0 Å². The topological polar surface area (TPSA) is 21.1 Å². The van der Waals surface area contributed by atoms with E-state index >= 15 is 0 Å². The zero-order valence-electron chi connectivity index (χ0n) is 14.6. The normalized spacial score (nSPS) is 20.1. The number of nitrogens with two attached hydrogens (primary N) is 1. The smallest absolute Gasteiger partial charge is 0.117 e. The number of halogens is 1. The summed E-state index contributed by atoms with van der Waals surface area (Å²) in [5.41, 5.74) is 2.87. The van der Waals surface area contributed by atoms with Gasteiger partial charge in [-0.1, -0.05) is 41.6 Å². The molecule has 2 nitrogen and oxygen atoms in total. The summed E-state index contributed by atoms with van der Waals surface area (Å²) in [6, 6.07) is 15.7. The summed E-state index contributed by atoms with van der Waals surface area (Å²) in [4.78, 5) is 4.56. The third-order valence-electron chi connectivity index (χ3n) is 5.50. The molecule has 0 aromatic heterocycles. The van der Waals surface area contributed by atoms with Gasteiger partial charge in [-0.2, -0.15) is 0 Å². The Kier molecular flexibility index (Phi) is 5.66. The van der Waals surface area contributed by atoms with Crippen LogP contribution in [0.3, 0.4) is 0 Å². The van der Waals surface area contributed by atoms with E-state index in [0.717, 1.165) is 11.4 Å². The first-order valence-electron chi connectivity index (χ1n) is 9.52.